The third kappa shape index (κ3) is 3.13. The minimum absolute atomic E-state index is 0.0718. The van der Waals surface area contributed by atoms with Crippen molar-refractivity contribution in [2.75, 3.05) is 0 Å². The van der Waals surface area contributed by atoms with Crippen molar-refractivity contribution in [3.8, 4) is 0 Å². The Morgan fingerprint density at radius 3 is 2.31 bits per heavy atom. The fourth-order valence-corrected chi connectivity index (χ4v) is 1.19. The van der Waals surface area contributed by atoms with E-state index >= 15 is 0 Å². The molecule has 2 nitrogen and oxygen atoms in total. The van der Waals surface area contributed by atoms with Gasteiger partial charge < -0.3 is 10.1 Å². The van der Waals surface area contributed by atoms with Crippen molar-refractivity contribution in [3.63, 3.8) is 0 Å². The van der Waals surface area contributed by atoms with Gasteiger partial charge in [0.05, 0.1) is 5.54 Å². The highest BCUT2D eigenvalue weighted by atomic mass is 16.5. The van der Waals surface area contributed by atoms with E-state index in [1.165, 1.54) is 0 Å². The average Bonchev–Trinajstić information content (AvgIpc) is 2.65. The molecule has 0 bridgehead atoms. The van der Waals surface area contributed by atoms with E-state index < -0.39 is 0 Å². The van der Waals surface area contributed by atoms with Gasteiger partial charge in [0.25, 0.3) is 0 Å². The van der Waals surface area contributed by atoms with Gasteiger partial charge in [-0.15, -0.1) is 6.58 Å². The van der Waals surface area contributed by atoms with E-state index in [0.717, 1.165) is 12.8 Å². The molecule has 0 unspecified atom stereocenters. The molecule has 1 aliphatic carbocycles. The number of ether oxygens (including phenoxy) is 1. The lowest BCUT2D eigenvalue weighted by Gasteiger charge is -2.25. The smallest absolute Gasteiger partial charge is 0.180 e. The standard InChI is InChI=1S/C11H19NO/c1-6-11(7-8-11)12-9(2)13-10(3,4)5/h6,12H,1-2,7-8H2,3-5H3. The van der Waals surface area contributed by atoms with E-state index in [1.807, 2.05) is 26.8 Å². The fraction of sp³-hybridized carbons (Fsp3) is 0.636. The highest BCUT2D eigenvalue weighted by Gasteiger charge is 2.40. The summed E-state index contributed by atoms with van der Waals surface area (Å²) in [5.41, 5.74) is -0.107. The number of hydrogen-bond donors (Lipinski definition) is 1. The molecule has 0 aromatic carbocycles. The number of rotatable bonds is 4. The maximum absolute atomic E-state index is 5.56. The van der Waals surface area contributed by atoms with Crippen LogP contribution in [-0.2, 0) is 4.74 Å². The minimum atomic E-state index is -0.179. The Bertz CT molecular complexity index is 221. The Morgan fingerprint density at radius 2 is 2.00 bits per heavy atom. The lowest BCUT2D eigenvalue weighted by Crippen LogP contribution is -2.32. The first kappa shape index (κ1) is 10.2. The molecule has 1 saturated carbocycles. The van der Waals surface area contributed by atoms with Crippen molar-refractivity contribution in [2.24, 2.45) is 0 Å². The molecule has 1 fully saturated rings. The van der Waals surface area contributed by atoms with E-state index in [9.17, 15) is 0 Å². The van der Waals surface area contributed by atoms with Crippen molar-refractivity contribution in [2.45, 2.75) is 44.8 Å². The van der Waals surface area contributed by atoms with Crippen LogP contribution in [0.1, 0.15) is 33.6 Å². The molecule has 1 N–H and O–H groups in total. The second-order valence-electron chi connectivity index (χ2n) is 4.62. The van der Waals surface area contributed by atoms with Gasteiger partial charge in [-0.2, -0.15) is 0 Å². The van der Waals surface area contributed by atoms with Gasteiger partial charge in [0, 0.05) is 0 Å². The van der Waals surface area contributed by atoms with Gasteiger partial charge in [0.15, 0.2) is 5.88 Å². The van der Waals surface area contributed by atoms with E-state index in [1.54, 1.807) is 0 Å². The van der Waals surface area contributed by atoms with Crippen molar-refractivity contribution < 1.29 is 4.74 Å². The monoisotopic (exact) mass is 181 g/mol. The Hall–Kier alpha value is -0.920. The van der Waals surface area contributed by atoms with Crippen LogP contribution >= 0.6 is 0 Å². The maximum atomic E-state index is 5.56. The first-order chi connectivity index (χ1) is 5.87. The minimum Gasteiger partial charge on any atom is -0.474 e. The number of nitrogens with one attached hydrogen (secondary N) is 1. The second-order valence-corrected chi connectivity index (χ2v) is 4.62. The van der Waals surface area contributed by atoms with Crippen LogP contribution in [0, 0.1) is 0 Å². The highest BCUT2D eigenvalue weighted by Crippen LogP contribution is 2.37. The number of hydrogen-bond acceptors (Lipinski definition) is 2. The Balaban J connectivity index is 2.38. The van der Waals surface area contributed by atoms with Crippen molar-refractivity contribution >= 4 is 0 Å². The summed E-state index contributed by atoms with van der Waals surface area (Å²) < 4.78 is 5.56. The van der Waals surface area contributed by atoms with Gasteiger partial charge >= 0.3 is 0 Å². The van der Waals surface area contributed by atoms with E-state index in [-0.39, 0.29) is 11.1 Å². The van der Waals surface area contributed by atoms with Crippen LogP contribution in [0.2, 0.25) is 0 Å². The lowest BCUT2D eigenvalue weighted by molar-refractivity contribution is 0.0390. The largest absolute Gasteiger partial charge is 0.474 e. The van der Waals surface area contributed by atoms with Crippen LogP contribution in [-0.4, -0.2) is 11.1 Å². The molecule has 13 heavy (non-hydrogen) atoms. The Morgan fingerprint density at radius 1 is 1.46 bits per heavy atom. The molecular formula is C11H19NO. The van der Waals surface area contributed by atoms with E-state index in [4.69, 9.17) is 4.74 Å². The molecule has 1 aliphatic rings. The first-order valence-electron chi connectivity index (χ1n) is 4.67. The van der Waals surface area contributed by atoms with Gasteiger partial charge in [-0.05, 0) is 40.2 Å². The molecular weight excluding hydrogens is 162 g/mol. The molecule has 0 atom stereocenters. The van der Waals surface area contributed by atoms with Gasteiger partial charge in [-0.25, -0.2) is 0 Å². The normalized spacial score (nSPS) is 19.0. The maximum Gasteiger partial charge on any atom is 0.180 e. The summed E-state index contributed by atoms with van der Waals surface area (Å²) in [5, 5.41) is 3.24. The zero-order valence-electron chi connectivity index (χ0n) is 8.81. The Labute approximate surface area is 80.7 Å². The Kier molecular flexibility index (Phi) is 2.42. The molecule has 1 rings (SSSR count). The molecule has 0 heterocycles. The zero-order chi connectivity index (χ0) is 10.1. The lowest BCUT2D eigenvalue weighted by atomic mass is 10.2. The summed E-state index contributed by atoms with van der Waals surface area (Å²) in [7, 11) is 0. The molecule has 0 aromatic heterocycles. The molecule has 0 aromatic rings. The van der Waals surface area contributed by atoms with Crippen LogP contribution in [0.5, 0.6) is 0 Å². The fourth-order valence-electron chi connectivity index (χ4n) is 1.19. The quantitative estimate of drug-likeness (QED) is 0.531. The summed E-state index contributed by atoms with van der Waals surface area (Å²) in [6, 6.07) is 0. The predicted molar refractivity (Wildman–Crippen MR) is 55.3 cm³/mol. The van der Waals surface area contributed by atoms with Crippen molar-refractivity contribution in [3.05, 3.63) is 25.1 Å². The highest BCUT2D eigenvalue weighted by molar-refractivity contribution is 5.17. The van der Waals surface area contributed by atoms with Gasteiger partial charge in [0.1, 0.15) is 5.60 Å². The van der Waals surface area contributed by atoms with Gasteiger partial charge in [-0.1, -0.05) is 6.08 Å². The first-order valence-corrected chi connectivity index (χ1v) is 4.67. The molecule has 0 spiro atoms. The van der Waals surface area contributed by atoms with Crippen molar-refractivity contribution in [1.29, 1.82) is 0 Å². The summed E-state index contributed by atoms with van der Waals surface area (Å²) in [4.78, 5) is 0. The van der Waals surface area contributed by atoms with E-state index in [2.05, 4.69) is 18.5 Å². The molecule has 0 amide bonds. The van der Waals surface area contributed by atoms with Gasteiger partial charge in [-0.3, -0.25) is 0 Å². The third-order valence-corrected chi connectivity index (χ3v) is 2.00. The SMILES string of the molecule is C=CC1(NC(=C)OC(C)(C)C)CC1. The molecule has 74 valence electrons. The summed E-state index contributed by atoms with van der Waals surface area (Å²) in [5.74, 6) is 0.643. The van der Waals surface area contributed by atoms with Crippen LogP contribution in [0.25, 0.3) is 0 Å². The third-order valence-electron chi connectivity index (χ3n) is 2.00. The van der Waals surface area contributed by atoms with Gasteiger partial charge in [0.2, 0.25) is 0 Å². The molecule has 0 radical (unpaired) electrons. The van der Waals surface area contributed by atoms with Crippen LogP contribution in [0.4, 0.5) is 0 Å². The van der Waals surface area contributed by atoms with E-state index in [0.29, 0.717) is 5.88 Å². The zero-order valence-corrected chi connectivity index (χ0v) is 8.81. The summed E-state index contributed by atoms with van der Waals surface area (Å²) in [6.45, 7) is 13.6. The predicted octanol–water partition coefficient (Wildman–Crippen LogP) is 2.58. The molecule has 0 aliphatic heterocycles. The molecule has 2 heteroatoms. The van der Waals surface area contributed by atoms with Crippen molar-refractivity contribution in [1.82, 2.24) is 5.32 Å². The summed E-state index contributed by atoms with van der Waals surface area (Å²) >= 11 is 0. The molecule has 0 saturated heterocycles. The van der Waals surface area contributed by atoms with Crippen LogP contribution in [0.15, 0.2) is 25.1 Å². The average molecular weight is 181 g/mol. The topological polar surface area (TPSA) is 21.3 Å². The van der Waals surface area contributed by atoms with Crippen LogP contribution in [0.3, 0.4) is 0 Å². The summed E-state index contributed by atoms with van der Waals surface area (Å²) in [6.07, 6.45) is 4.19. The second kappa shape index (κ2) is 3.09. The van der Waals surface area contributed by atoms with Crippen LogP contribution < -0.4 is 5.32 Å².